The molecule has 0 bridgehead atoms. The molecule has 1 amide bonds. The van der Waals surface area contributed by atoms with Gasteiger partial charge in [0.05, 0.1) is 11.6 Å². The Morgan fingerprint density at radius 1 is 1.00 bits per heavy atom. The van der Waals surface area contributed by atoms with Crippen molar-refractivity contribution in [3.05, 3.63) is 65.2 Å². The molecule has 1 unspecified atom stereocenters. The van der Waals surface area contributed by atoms with Gasteiger partial charge in [0.2, 0.25) is 0 Å². The zero-order chi connectivity index (χ0) is 15.2. The molecule has 0 spiro atoms. The summed E-state index contributed by atoms with van der Waals surface area (Å²) in [5.41, 5.74) is 2.13. The van der Waals surface area contributed by atoms with Gasteiger partial charge in [-0.3, -0.25) is 4.79 Å². The second kappa shape index (κ2) is 4.70. The topological polar surface area (TPSA) is 54.5 Å². The highest BCUT2D eigenvalue weighted by molar-refractivity contribution is 7.90. The molecule has 0 radical (unpaired) electrons. The number of nitrogens with zero attached hydrogens (tertiary/aromatic N) is 1. The number of fused-ring (bicyclic) bond motifs is 1. The summed E-state index contributed by atoms with van der Waals surface area (Å²) in [7, 11) is -3.77. The third-order valence-corrected chi connectivity index (χ3v) is 5.68. The lowest BCUT2D eigenvalue weighted by Gasteiger charge is -2.23. The van der Waals surface area contributed by atoms with Crippen LogP contribution in [0, 0.1) is 6.92 Å². The monoisotopic (exact) mass is 301 g/mol. The van der Waals surface area contributed by atoms with E-state index < -0.39 is 22.0 Å². The van der Waals surface area contributed by atoms with Crippen molar-refractivity contribution in [2.75, 3.05) is 0 Å². The lowest BCUT2D eigenvalue weighted by Crippen LogP contribution is -2.32. The maximum Gasteiger partial charge on any atom is 0.269 e. The summed E-state index contributed by atoms with van der Waals surface area (Å²) in [6.07, 6.45) is 0. The van der Waals surface area contributed by atoms with Crippen LogP contribution in [-0.4, -0.2) is 18.6 Å². The first kappa shape index (κ1) is 13.8. The van der Waals surface area contributed by atoms with Gasteiger partial charge in [0.25, 0.3) is 15.9 Å². The van der Waals surface area contributed by atoms with Crippen LogP contribution in [0.5, 0.6) is 0 Å². The van der Waals surface area contributed by atoms with E-state index in [-0.39, 0.29) is 10.5 Å². The van der Waals surface area contributed by atoms with E-state index in [1.165, 1.54) is 6.07 Å². The number of rotatable bonds is 2. The van der Waals surface area contributed by atoms with Crippen LogP contribution in [0.3, 0.4) is 0 Å². The van der Waals surface area contributed by atoms with Crippen LogP contribution in [0.1, 0.15) is 34.5 Å². The summed E-state index contributed by atoms with van der Waals surface area (Å²) in [6, 6.07) is 13.3. The van der Waals surface area contributed by atoms with Crippen molar-refractivity contribution in [3.63, 3.8) is 0 Å². The molecular formula is C16H15NO3S. The largest absolute Gasteiger partial charge is 0.269 e. The molecule has 4 nitrogen and oxygen atoms in total. The molecule has 1 aliphatic rings. The zero-order valence-electron chi connectivity index (χ0n) is 11.8. The number of aryl methyl sites for hydroxylation is 1. The first-order chi connectivity index (χ1) is 9.93. The summed E-state index contributed by atoms with van der Waals surface area (Å²) in [5, 5.41) is 0. The molecule has 0 saturated heterocycles. The molecule has 3 rings (SSSR count). The highest BCUT2D eigenvalue weighted by Crippen LogP contribution is 2.36. The molecule has 2 aromatic rings. The predicted molar refractivity (Wildman–Crippen MR) is 79.4 cm³/mol. The van der Waals surface area contributed by atoms with Crippen molar-refractivity contribution in [1.29, 1.82) is 0 Å². The smallest absolute Gasteiger partial charge is 0.268 e. The van der Waals surface area contributed by atoms with E-state index in [1.807, 2.05) is 31.2 Å². The summed E-state index contributed by atoms with van der Waals surface area (Å²) in [4.78, 5) is 12.5. The molecule has 5 heteroatoms. The summed E-state index contributed by atoms with van der Waals surface area (Å²) in [6.45, 7) is 3.69. The lowest BCUT2D eigenvalue weighted by atomic mass is 10.1. The highest BCUT2D eigenvalue weighted by atomic mass is 32.2. The fourth-order valence-electron chi connectivity index (χ4n) is 2.57. The average Bonchev–Trinajstić information content (AvgIpc) is 2.67. The first-order valence-electron chi connectivity index (χ1n) is 6.67. The van der Waals surface area contributed by atoms with Crippen LogP contribution in [0.2, 0.25) is 0 Å². The summed E-state index contributed by atoms with van der Waals surface area (Å²) >= 11 is 0. The van der Waals surface area contributed by atoms with Crippen molar-refractivity contribution in [2.24, 2.45) is 0 Å². The fraction of sp³-hybridized carbons (Fsp3) is 0.188. The average molecular weight is 301 g/mol. The second-order valence-corrected chi connectivity index (χ2v) is 6.97. The number of hydrogen-bond acceptors (Lipinski definition) is 3. The standard InChI is InChI=1S/C16H15NO3S/c1-11-7-9-13(10-8-11)12(2)17-16(18)14-5-3-4-6-15(14)21(17,19)20/h3-10,12H,1-2H3. The molecular weight excluding hydrogens is 286 g/mol. The normalized spacial score (nSPS) is 17.6. The Labute approximate surface area is 124 Å². The summed E-state index contributed by atoms with van der Waals surface area (Å²) < 4.78 is 26.1. The van der Waals surface area contributed by atoms with Gasteiger partial charge in [0.15, 0.2) is 0 Å². The van der Waals surface area contributed by atoms with E-state index in [0.29, 0.717) is 0 Å². The quantitative estimate of drug-likeness (QED) is 0.857. The van der Waals surface area contributed by atoms with Crippen LogP contribution in [-0.2, 0) is 10.0 Å². The first-order valence-corrected chi connectivity index (χ1v) is 8.11. The van der Waals surface area contributed by atoms with Crippen molar-refractivity contribution < 1.29 is 13.2 Å². The van der Waals surface area contributed by atoms with E-state index in [0.717, 1.165) is 15.4 Å². The van der Waals surface area contributed by atoms with Gasteiger partial charge < -0.3 is 0 Å². The molecule has 0 saturated carbocycles. The Morgan fingerprint density at radius 2 is 1.62 bits per heavy atom. The molecule has 1 atom stereocenters. The minimum absolute atomic E-state index is 0.0916. The van der Waals surface area contributed by atoms with Gasteiger partial charge in [-0.25, -0.2) is 12.7 Å². The van der Waals surface area contributed by atoms with Gasteiger partial charge >= 0.3 is 0 Å². The number of amides is 1. The third-order valence-electron chi connectivity index (χ3n) is 3.77. The molecule has 0 aliphatic carbocycles. The summed E-state index contributed by atoms with van der Waals surface area (Å²) in [5.74, 6) is -0.460. The lowest BCUT2D eigenvalue weighted by molar-refractivity contribution is 0.0839. The fourth-order valence-corrected chi connectivity index (χ4v) is 4.32. The zero-order valence-corrected chi connectivity index (χ0v) is 12.6. The number of sulfonamides is 1. The van der Waals surface area contributed by atoms with E-state index in [4.69, 9.17) is 0 Å². The van der Waals surface area contributed by atoms with E-state index >= 15 is 0 Å². The van der Waals surface area contributed by atoms with Gasteiger partial charge in [-0.05, 0) is 31.5 Å². The third kappa shape index (κ3) is 2.05. The molecule has 0 aromatic heterocycles. The molecule has 0 fully saturated rings. The Hall–Kier alpha value is -2.14. The Balaban J connectivity index is 2.08. The number of hydrogen-bond donors (Lipinski definition) is 0. The van der Waals surface area contributed by atoms with Crippen LogP contribution in [0.25, 0.3) is 0 Å². The predicted octanol–water partition coefficient (Wildman–Crippen LogP) is 2.90. The maximum atomic E-state index is 12.6. The van der Waals surface area contributed by atoms with Crippen molar-refractivity contribution in [2.45, 2.75) is 24.8 Å². The molecule has 21 heavy (non-hydrogen) atoms. The van der Waals surface area contributed by atoms with Gasteiger partial charge in [0, 0.05) is 0 Å². The molecule has 108 valence electrons. The minimum Gasteiger partial charge on any atom is -0.268 e. The molecule has 1 heterocycles. The van der Waals surface area contributed by atoms with Crippen LogP contribution in [0.4, 0.5) is 0 Å². The van der Waals surface area contributed by atoms with Gasteiger partial charge in [0.1, 0.15) is 4.90 Å². The Morgan fingerprint density at radius 3 is 2.24 bits per heavy atom. The molecule has 2 aromatic carbocycles. The van der Waals surface area contributed by atoms with Crippen molar-refractivity contribution in [1.82, 2.24) is 4.31 Å². The van der Waals surface area contributed by atoms with E-state index in [9.17, 15) is 13.2 Å². The van der Waals surface area contributed by atoms with Gasteiger partial charge in [-0.15, -0.1) is 0 Å². The number of benzene rings is 2. The van der Waals surface area contributed by atoms with Crippen LogP contribution in [0.15, 0.2) is 53.4 Å². The van der Waals surface area contributed by atoms with Crippen molar-refractivity contribution >= 4 is 15.9 Å². The highest BCUT2D eigenvalue weighted by Gasteiger charge is 2.43. The SMILES string of the molecule is Cc1ccc(C(C)N2C(=O)c3ccccc3S2(=O)=O)cc1. The molecule has 1 aliphatic heterocycles. The van der Waals surface area contributed by atoms with Crippen LogP contribution < -0.4 is 0 Å². The number of carbonyl (C=O) groups excluding carboxylic acids is 1. The Kier molecular flexibility index (Phi) is 3.10. The maximum absolute atomic E-state index is 12.6. The second-order valence-electron chi connectivity index (χ2n) is 5.19. The van der Waals surface area contributed by atoms with Crippen molar-refractivity contribution in [3.8, 4) is 0 Å². The van der Waals surface area contributed by atoms with Crippen LogP contribution >= 0.6 is 0 Å². The van der Waals surface area contributed by atoms with E-state index in [2.05, 4.69) is 0 Å². The van der Waals surface area contributed by atoms with E-state index in [1.54, 1.807) is 25.1 Å². The minimum atomic E-state index is -3.77. The number of carbonyl (C=O) groups is 1. The van der Waals surface area contributed by atoms with Gasteiger partial charge in [-0.1, -0.05) is 42.0 Å². The Bertz CT molecular complexity index is 810. The van der Waals surface area contributed by atoms with Gasteiger partial charge in [-0.2, -0.15) is 0 Å². The molecule has 0 N–H and O–H groups in total.